The number of rotatable bonds is 5. The van der Waals surface area contributed by atoms with E-state index in [1.165, 1.54) is 10.5 Å². The summed E-state index contributed by atoms with van der Waals surface area (Å²) in [6, 6.07) is 16.9. The SMILES string of the molecule is CSc1ccc(CNC(C)c2ccccc2Cl)cc1. The average molecular weight is 292 g/mol. The molecule has 0 saturated heterocycles. The number of nitrogens with one attached hydrogen (secondary N) is 1. The van der Waals surface area contributed by atoms with Crippen LogP contribution >= 0.6 is 23.4 Å². The fourth-order valence-corrected chi connectivity index (χ4v) is 2.66. The number of benzene rings is 2. The molecular formula is C16H18ClNS. The Labute approximate surface area is 124 Å². The van der Waals surface area contributed by atoms with Crippen molar-refractivity contribution in [2.75, 3.05) is 6.26 Å². The van der Waals surface area contributed by atoms with E-state index >= 15 is 0 Å². The van der Waals surface area contributed by atoms with Crippen molar-refractivity contribution in [1.82, 2.24) is 5.32 Å². The molecule has 2 rings (SSSR count). The van der Waals surface area contributed by atoms with Gasteiger partial charge in [0, 0.05) is 22.5 Å². The summed E-state index contributed by atoms with van der Waals surface area (Å²) in [5, 5.41) is 4.32. The molecule has 0 aliphatic heterocycles. The third kappa shape index (κ3) is 4.00. The normalized spacial score (nSPS) is 12.4. The lowest BCUT2D eigenvalue weighted by Gasteiger charge is -2.15. The van der Waals surface area contributed by atoms with Crippen molar-refractivity contribution < 1.29 is 0 Å². The van der Waals surface area contributed by atoms with Crippen molar-refractivity contribution in [3.8, 4) is 0 Å². The monoisotopic (exact) mass is 291 g/mol. The van der Waals surface area contributed by atoms with Gasteiger partial charge in [0.25, 0.3) is 0 Å². The van der Waals surface area contributed by atoms with Crippen molar-refractivity contribution in [2.24, 2.45) is 0 Å². The molecule has 0 aliphatic carbocycles. The summed E-state index contributed by atoms with van der Waals surface area (Å²) in [5.74, 6) is 0. The van der Waals surface area contributed by atoms with Gasteiger partial charge in [-0.3, -0.25) is 0 Å². The van der Waals surface area contributed by atoms with Crippen LogP contribution in [0.1, 0.15) is 24.1 Å². The molecule has 19 heavy (non-hydrogen) atoms. The van der Waals surface area contributed by atoms with E-state index in [2.05, 4.69) is 48.8 Å². The summed E-state index contributed by atoms with van der Waals surface area (Å²) in [4.78, 5) is 1.29. The smallest absolute Gasteiger partial charge is 0.0453 e. The maximum atomic E-state index is 6.20. The summed E-state index contributed by atoms with van der Waals surface area (Å²) < 4.78 is 0. The summed E-state index contributed by atoms with van der Waals surface area (Å²) in [6.07, 6.45) is 2.09. The van der Waals surface area contributed by atoms with Crippen LogP contribution < -0.4 is 5.32 Å². The molecule has 0 spiro atoms. The Morgan fingerprint density at radius 3 is 2.42 bits per heavy atom. The molecule has 0 heterocycles. The molecule has 0 aliphatic rings. The molecule has 1 unspecified atom stereocenters. The molecule has 0 aromatic heterocycles. The second-order valence-corrected chi connectivity index (χ2v) is 5.76. The van der Waals surface area contributed by atoms with Crippen LogP contribution in [0.5, 0.6) is 0 Å². The van der Waals surface area contributed by atoms with Crippen molar-refractivity contribution in [2.45, 2.75) is 24.4 Å². The van der Waals surface area contributed by atoms with Crippen molar-refractivity contribution in [3.63, 3.8) is 0 Å². The zero-order valence-electron chi connectivity index (χ0n) is 11.2. The first-order chi connectivity index (χ1) is 9.20. The summed E-state index contributed by atoms with van der Waals surface area (Å²) in [5.41, 5.74) is 2.43. The van der Waals surface area contributed by atoms with E-state index in [0.29, 0.717) is 0 Å². The Hall–Kier alpha value is -0.960. The molecule has 0 amide bonds. The fourth-order valence-electron chi connectivity index (χ4n) is 1.95. The lowest BCUT2D eigenvalue weighted by Crippen LogP contribution is -2.18. The molecule has 0 saturated carbocycles. The molecular weight excluding hydrogens is 274 g/mol. The number of hydrogen-bond acceptors (Lipinski definition) is 2. The van der Waals surface area contributed by atoms with E-state index in [1.807, 2.05) is 18.2 Å². The minimum Gasteiger partial charge on any atom is -0.306 e. The highest BCUT2D eigenvalue weighted by atomic mass is 35.5. The lowest BCUT2D eigenvalue weighted by molar-refractivity contribution is 0.575. The maximum Gasteiger partial charge on any atom is 0.0453 e. The van der Waals surface area contributed by atoms with Crippen LogP contribution in [0.4, 0.5) is 0 Å². The number of hydrogen-bond donors (Lipinski definition) is 1. The average Bonchev–Trinajstić information content (AvgIpc) is 2.46. The van der Waals surface area contributed by atoms with Crippen LogP contribution in [-0.4, -0.2) is 6.26 Å². The Morgan fingerprint density at radius 1 is 1.11 bits per heavy atom. The minimum absolute atomic E-state index is 0.244. The van der Waals surface area contributed by atoms with Crippen LogP contribution in [0.15, 0.2) is 53.4 Å². The highest BCUT2D eigenvalue weighted by Crippen LogP contribution is 2.22. The van der Waals surface area contributed by atoms with Crippen molar-refractivity contribution in [1.29, 1.82) is 0 Å². The van der Waals surface area contributed by atoms with Gasteiger partial charge in [0.15, 0.2) is 0 Å². The van der Waals surface area contributed by atoms with Gasteiger partial charge < -0.3 is 5.32 Å². The van der Waals surface area contributed by atoms with E-state index in [1.54, 1.807) is 11.8 Å². The molecule has 1 N–H and O–H groups in total. The van der Waals surface area contributed by atoms with Crippen LogP contribution in [0.3, 0.4) is 0 Å². The van der Waals surface area contributed by atoms with Crippen molar-refractivity contribution in [3.05, 3.63) is 64.7 Å². The summed E-state index contributed by atoms with van der Waals surface area (Å²) in [7, 11) is 0. The predicted molar refractivity (Wildman–Crippen MR) is 84.9 cm³/mol. The molecule has 3 heteroatoms. The van der Waals surface area contributed by atoms with Crippen LogP contribution in [0.25, 0.3) is 0 Å². The van der Waals surface area contributed by atoms with E-state index in [0.717, 1.165) is 17.1 Å². The molecule has 2 aromatic rings. The standard InChI is InChI=1S/C16H18ClNS/c1-12(15-5-3-4-6-16(15)17)18-11-13-7-9-14(19-2)10-8-13/h3-10,12,18H,11H2,1-2H3. The first kappa shape index (κ1) is 14.4. The number of halogens is 1. The van der Waals surface area contributed by atoms with Gasteiger partial charge in [-0.1, -0.05) is 41.9 Å². The van der Waals surface area contributed by atoms with Crippen LogP contribution in [-0.2, 0) is 6.54 Å². The molecule has 0 radical (unpaired) electrons. The second kappa shape index (κ2) is 6.99. The molecule has 1 atom stereocenters. The molecule has 0 bridgehead atoms. The zero-order chi connectivity index (χ0) is 13.7. The predicted octanol–water partition coefficient (Wildman–Crippen LogP) is 4.91. The largest absolute Gasteiger partial charge is 0.306 e. The van der Waals surface area contributed by atoms with Gasteiger partial charge in [-0.05, 0) is 42.5 Å². The van der Waals surface area contributed by atoms with Crippen molar-refractivity contribution >= 4 is 23.4 Å². The van der Waals surface area contributed by atoms with Gasteiger partial charge in [0.2, 0.25) is 0 Å². The molecule has 2 aromatic carbocycles. The quantitative estimate of drug-likeness (QED) is 0.785. The summed E-state index contributed by atoms with van der Waals surface area (Å²) >= 11 is 7.96. The van der Waals surface area contributed by atoms with E-state index in [-0.39, 0.29) is 6.04 Å². The fraction of sp³-hybridized carbons (Fsp3) is 0.250. The zero-order valence-corrected chi connectivity index (χ0v) is 12.8. The van der Waals surface area contributed by atoms with Gasteiger partial charge >= 0.3 is 0 Å². The first-order valence-corrected chi connectivity index (χ1v) is 7.91. The molecule has 100 valence electrons. The van der Waals surface area contributed by atoms with E-state index in [4.69, 9.17) is 11.6 Å². The Balaban J connectivity index is 1.96. The Bertz CT molecular complexity index is 525. The number of thioether (sulfide) groups is 1. The van der Waals surface area contributed by atoms with Gasteiger partial charge in [0.1, 0.15) is 0 Å². The highest BCUT2D eigenvalue weighted by Gasteiger charge is 2.08. The molecule has 1 nitrogen and oxygen atoms in total. The highest BCUT2D eigenvalue weighted by molar-refractivity contribution is 7.98. The van der Waals surface area contributed by atoms with Gasteiger partial charge in [-0.25, -0.2) is 0 Å². The van der Waals surface area contributed by atoms with E-state index in [9.17, 15) is 0 Å². The third-order valence-electron chi connectivity index (χ3n) is 3.14. The van der Waals surface area contributed by atoms with Crippen LogP contribution in [0, 0.1) is 0 Å². The maximum absolute atomic E-state index is 6.20. The second-order valence-electron chi connectivity index (χ2n) is 4.47. The van der Waals surface area contributed by atoms with Crippen LogP contribution in [0.2, 0.25) is 5.02 Å². The topological polar surface area (TPSA) is 12.0 Å². The third-order valence-corrected chi connectivity index (χ3v) is 4.23. The van der Waals surface area contributed by atoms with Gasteiger partial charge in [-0.15, -0.1) is 11.8 Å². The van der Waals surface area contributed by atoms with Gasteiger partial charge in [-0.2, -0.15) is 0 Å². The van der Waals surface area contributed by atoms with E-state index < -0.39 is 0 Å². The minimum atomic E-state index is 0.244. The lowest BCUT2D eigenvalue weighted by atomic mass is 10.1. The Kier molecular flexibility index (Phi) is 5.32. The first-order valence-electron chi connectivity index (χ1n) is 6.31. The Morgan fingerprint density at radius 2 is 1.79 bits per heavy atom. The van der Waals surface area contributed by atoms with Gasteiger partial charge in [0.05, 0.1) is 0 Å². The summed E-state index contributed by atoms with van der Waals surface area (Å²) in [6.45, 7) is 2.98. The molecule has 0 fully saturated rings.